The van der Waals surface area contributed by atoms with Crippen LogP contribution in [-0.2, 0) is 4.79 Å². The Labute approximate surface area is 170 Å². The van der Waals surface area contributed by atoms with Gasteiger partial charge in [0.05, 0.1) is 0 Å². The number of likely N-dealkylation sites (tertiary alicyclic amines) is 1. The van der Waals surface area contributed by atoms with Gasteiger partial charge < -0.3 is 15.5 Å². The van der Waals surface area contributed by atoms with E-state index in [0.717, 1.165) is 36.5 Å². The number of rotatable bonds is 8. The van der Waals surface area contributed by atoms with E-state index in [4.69, 9.17) is 0 Å². The van der Waals surface area contributed by atoms with Crippen LogP contribution in [0.15, 0.2) is 47.5 Å². The molecule has 0 unspecified atom stereocenters. The largest absolute Gasteiger partial charge is 0.351 e. The van der Waals surface area contributed by atoms with E-state index in [1.165, 1.54) is 24.2 Å². The van der Waals surface area contributed by atoms with Crippen molar-refractivity contribution in [2.24, 2.45) is 0 Å². The van der Waals surface area contributed by atoms with E-state index in [0.29, 0.717) is 12.1 Å². The summed E-state index contributed by atoms with van der Waals surface area (Å²) in [6.45, 7) is 5.88. The number of amides is 2. The first-order valence-corrected chi connectivity index (χ1v) is 10.6. The third kappa shape index (κ3) is 6.04. The predicted octanol–water partition coefficient (Wildman–Crippen LogP) is 3.43. The lowest BCUT2D eigenvalue weighted by atomic mass is 10.1. The van der Waals surface area contributed by atoms with Gasteiger partial charge in [0.25, 0.3) is 11.8 Å². The topological polar surface area (TPSA) is 61.4 Å². The Morgan fingerprint density at radius 2 is 1.89 bits per heavy atom. The number of nitrogens with zero attached hydrogens (tertiary/aromatic N) is 1. The van der Waals surface area contributed by atoms with Crippen LogP contribution in [0.2, 0.25) is 0 Å². The van der Waals surface area contributed by atoms with Gasteiger partial charge in [-0.25, -0.2) is 0 Å². The lowest BCUT2D eigenvalue weighted by Gasteiger charge is -2.15. The predicted molar refractivity (Wildman–Crippen MR) is 114 cm³/mol. The lowest BCUT2D eigenvalue weighted by Crippen LogP contribution is -2.36. The maximum atomic E-state index is 12.7. The van der Waals surface area contributed by atoms with Crippen molar-refractivity contribution in [2.45, 2.75) is 26.2 Å². The summed E-state index contributed by atoms with van der Waals surface area (Å²) in [5, 5.41) is 7.66. The van der Waals surface area contributed by atoms with Crippen molar-refractivity contribution in [3.8, 4) is 0 Å². The van der Waals surface area contributed by atoms with Crippen LogP contribution < -0.4 is 10.6 Å². The first kappa shape index (κ1) is 20.3. The van der Waals surface area contributed by atoms with Crippen LogP contribution in [0.25, 0.3) is 6.08 Å². The summed E-state index contributed by atoms with van der Waals surface area (Å²) in [7, 11) is 0. The SMILES string of the molecule is Cc1ccc(C(=O)N/C(=C\c2cccs2)C(=O)NCCCN2CCCC2)cc1. The molecule has 0 radical (unpaired) electrons. The standard InChI is InChI=1S/C22H27N3O2S/c1-17-7-9-18(10-8-17)21(26)24-20(16-19-6-4-15-28-19)22(27)23-11-5-14-25-12-2-3-13-25/h4,6-10,15-16H,2-3,5,11-14H2,1H3,(H,23,27)(H,24,26)/b20-16-. The lowest BCUT2D eigenvalue weighted by molar-refractivity contribution is -0.117. The normalized spacial score (nSPS) is 14.8. The third-order valence-corrected chi connectivity index (χ3v) is 5.59. The van der Waals surface area contributed by atoms with Crippen molar-refractivity contribution in [3.63, 3.8) is 0 Å². The van der Waals surface area contributed by atoms with Crippen molar-refractivity contribution in [3.05, 3.63) is 63.5 Å². The van der Waals surface area contributed by atoms with E-state index < -0.39 is 0 Å². The van der Waals surface area contributed by atoms with Gasteiger partial charge in [-0.3, -0.25) is 9.59 Å². The summed E-state index contributed by atoms with van der Waals surface area (Å²) in [5.41, 5.74) is 1.89. The van der Waals surface area contributed by atoms with Gasteiger partial charge in [-0.15, -0.1) is 11.3 Å². The monoisotopic (exact) mass is 397 g/mol. The molecule has 0 saturated carbocycles. The summed E-state index contributed by atoms with van der Waals surface area (Å²) >= 11 is 1.52. The average molecular weight is 398 g/mol. The smallest absolute Gasteiger partial charge is 0.267 e. The third-order valence-electron chi connectivity index (χ3n) is 4.77. The first-order chi connectivity index (χ1) is 13.6. The summed E-state index contributed by atoms with van der Waals surface area (Å²) in [6, 6.07) is 11.1. The molecule has 1 saturated heterocycles. The van der Waals surface area contributed by atoms with Crippen molar-refractivity contribution >= 4 is 29.2 Å². The number of hydrogen-bond donors (Lipinski definition) is 2. The molecule has 2 aromatic rings. The summed E-state index contributed by atoms with van der Waals surface area (Å²) in [4.78, 5) is 28.6. The zero-order valence-electron chi connectivity index (χ0n) is 16.2. The van der Waals surface area contributed by atoms with Crippen molar-refractivity contribution in [2.75, 3.05) is 26.2 Å². The average Bonchev–Trinajstić information content (AvgIpc) is 3.39. The van der Waals surface area contributed by atoms with Crippen LogP contribution in [0.1, 0.15) is 40.1 Å². The summed E-state index contributed by atoms with van der Waals surface area (Å²) in [5.74, 6) is -0.537. The molecule has 1 aliphatic rings. The van der Waals surface area contributed by atoms with Crippen molar-refractivity contribution < 1.29 is 9.59 Å². The highest BCUT2D eigenvalue weighted by molar-refractivity contribution is 7.10. The molecule has 0 aliphatic carbocycles. The van der Waals surface area contributed by atoms with Crippen LogP contribution in [0.4, 0.5) is 0 Å². The number of carbonyl (C=O) groups is 2. The number of aryl methyl sites for hydroxylation is 1. The van der Waals surface area contributed by atoms with E-state index in [1.54, 1.807) is 18.2 Å². The van der Waals surface area contributed by atoms with Gasteiger partial charge in [0.2, 0.25) is 0 Å². The molecule has 148 valence electrons. The Hall–Kier alpha value is -2.44. The highest BCUT2D eigenvalue weighted by atomic mass is 32.1. The van der Waals surface area contributed by atoms with Gasteiger partial charge >= 0.3 is 0 Å². The van der Waals surface area contributed by atoms with E-state index in [2.05, 4.69) is 15.5 Å². The Kier molecular flexibility index (Phi) is 7.39. The van der Waals surface area contributed by atoms with Crippen LogP contribution in [0, 0.1) is 6.92 Å². The Balaban J connectivity index is 1.60. The van der Waals surface area contributed by atoms with Gasteiger partial charge in [0.15, 0.2) is 0 Å². The molecule has 1 aromatic carbocycles. The number of hydrogen-bond acceptors (Lipinski definition) is 4. The molecule has 5 nitrogen and oxygen atoms in total. The molecule has 28 heavy (non-hydrogen) atoms. The zero-order chi connectivity index (χ0) is 19.8. The Bertz CT molecular complexity index is 807. The minimum Gasteiger partial charge on any atom is -0.351 e. The second kappa shape index (κ2) is 10.2. The fraction of sp³-hybridized carbons (Fsp3) is 0.364. The molecule has 1 fully saturated rings. The van der Waals surface area contributed by atoms with Crippen LogP contribution >= 0.6 is 11.3 Å². The quantitative estimate of drug-likeness (QED) is 0.530. The second-order valence-electron chi connectivity index (χ2n) is 7.05. The van der Waals surface area contributed by atoms with Crippen molar-refractivity contribution in [1.82, 2.24) is 15.5 Å². The molecule has 1 aromatic heterocycles. The summed E-state index contributed by atoms with van der Waals surface area (Å²) < 4.78 is 0. The highest BCUT2D eigenvalue weighted by Crippen LogP contribution is 2.13. The van der Waals surface area contributed by atoms with Gasteiger partial charge in [-0.1, -0.05) is 23.8 Å². The zero-order valence-corrected chi connectivity index (χ0v) is 17.1. The highest BCUT2D eigenvalue weighted by Gasteiger charge is 2.15. The van der Waals surface area contributed by atoms with E-state index in [9.17, 15) is 9.59 Å². The molecule has 3 rings (SSSR count). The molecule has 0 atom stereocenters. The van der Waals surface area contributed by atoms with Crippen LogP contribution in [-0.4, -0.2) is 42.9 Å². The molecule has 1 aliphatic heterocycles. The number of thiophene rings is 1. The van der Waals surface area contributed by atoms with Gasteiger partial charge in [0.1, 0.15) is 5.70 Å². The minimum absolute atomic E-state index is 0.254. The number of carbonyl (C=O) groups excluding carboxylic acids is 2. The number of nitrogens with one attached hydrogen (secondary N) is 2. The molecule has 2 N–H and O–H groups in total. The van der Waals surface area contributed by atoms with Gasteiger partial charge in [-0.2, -0.15) is 0 Å². The maximum absolute atomic E-state index is 12.7. The van der Waals surface area contributed by atoms with Gasteiger partial charge in [-0.05, 0) is 75.5 Å². The van der Waals surface area contributed by atoms with Crippen LogP contribution in [0.3, 0.4) is 0 Å². The van der Waals surface area contributed by atoms with Gasteiger partial charge in [0, 0.05) is 17.0 Å². The molecule has 0 spiro atoms. The molecular weight excluding hydrogens is 370 g/mol. The number of benzene rings is 1. The maximum Gasteiger partial charge on any atom is 0.267 e. The fourth-order valence-corrected chi connectivity index (χ4v) is 3.84. The fourth-order valence-electron chi connectivity index (χ4n) is 3.18. The molecule has 6 heteroatoms. The summed E-state index contributed by atoms with van der Waals surface area (Å²) in [6.07, 6.45) is 5.17. The molecule has 0 bridgehead atoms. The Morgan fingerprint density at radius 1 is 1.14 bits per heavy atom. The Morgan fingerprint density at radius 3 is 2.57 bits per heavy atom. The first-order valence-electron chi connectivity index (χ1n) is 9.75. The minimum atomic E-state index is -0.282. The molecule has 2 heterocycles. The molecule has 2 amide bonds. The molecular formula is C22H27N3O2S. The van der Waals surface area contributed by atoms with Crippen LogP contribution in [0.5, 0.6) is 0 Å². The van der Waals surface area contributed by atoms with Crippen molar-refractivity contribution in [1.29, 1.82) is 0 Å². The van der Waals surface area contributed by atoms with E-state index in [-0.39, 0.29) is 17.5 Å². The van der Waals surface area contributed by atoms with E-state index >= 15 is 0 Å². The second-order valence-corrected chi connectivity index (χ2v) is 8.03. The van der Waals surface area contributed by atoms with E-state index in [1.807, 2.05) is 36.6 Å².